The van der Waals surface area contributed by atoms with Crippen molar-refractivity contribution in [1.29, 1.82) is 0 Å². The number of nitrogens with zero attached hydrogens (tertiary/aromatic N) is 3. The fourth-order valence-electron chi connectivity index (χ4n) is 3.10. The van der Waals surface area contributed by atoms with Crippen molar-refractivity contribution in [1.82, 2.24) is 14.8 Å². The van der Waals surface area contributed by atoms with Crippen LogP contribution in [0.4, 0.5) is 5.69 Å². The fraction of sp³-hybridized carbons (Fsp3) is 0.125. The van der Waals surface area contributed by atoms with Gasteiger partial charge in [0, 0.05) is 22.8 Å². The highest BCUT2D eigenvalue weighted by atomic mass is 35.5. The van der Waals surface area contributed by atoms with Gasteiger partial charge < -0.3 is 5.32 Å². The zero-order valence-corrected chi connectivity index (χ0v) is 18.5. The van der Waals surface area contributed by atoms with Gasteiger partial charge in [0.25, 0.3) is 0 Å². The number of amides is 1. The second kappa shape index (κ2) is 9.81. The molecule has 0 saturated heterocycles. The van der Waals surface area contributed by atoms with E-state index in [0.29, 0.717) is 16.6 Å². The molecule has 0 aliphatic rings. The number of halogens is 1. The molecular weight excluding hydrogens is 428 g/mol. The first kappa shape index (κ1) is 21.2. The van der Waals surface area contributed by atoms with Crippen LogP contribution in [0.3, 0.4) is 0 Å². The van der Waals surface area contributed by atoms with Gasteiger partial charge in [0.1, 0.15) is 5.82 Å². The maximum absolute atomic E-state index is 12.7. The van der Waals surface area contributed by atoms with E-state index in [-0.39, 0.29) is 11.2 Å². The molecule has 156 valence electrons. The van der Waals surface area contributed by atoms with E-state index in [0.717, 1.165) is 22.8 Å². The second-order valence-corrected chi connectivity index (χ2v) is 8.73. The molecule has 0 fully saturated rings. The molecule has 7 heteroatoms. The van der Waals surface area contributed by atoms with Crippen molar-refractivity contribution in [2.75, 3.05) is 5.32 Å². The van der Waals surface area contributed by atoms with Crippen LogP contribution >= 0.6 is 23.4 Å². The predicted molar refractivity (Wildman–Crippen MR) is 126 cm³/mol. The minimum absolute atomic E-state index is 0.0912. The number of rotatable bonds is 7. The molecule has 1 amide bonds. The summed E-state index contributed by atoms with van der Waals surface area (Å²) in [6.07, 6.45) is 0.627. The molecule has 1 N–H and O–H groups in total. The number of para-hydroxylation sites is 1. The fourth-order valence-corrected chi connectivity index (χ4v) is 4.11. The van der Waals surface area contributed by atoms with E-state index in [9.17, 15) is 4.79 Å². The Morgan fingerprint density at radius 2 is 1.61 bits per heavy atom. The molecule has 1 heterocycles. The van der Waals surface area contributed by atoms with E-state index in [4.69, 9.17) is 11.6 Å². The van der Waals surface area contributed by atoms with Crippen LogP contribution < -0.4 is 5.32 Å². The summed E-state index contributed by atoms with van der Waals surface area (Å²) in [5.74, 6) is 0.707. The number of hydrogen-bond donors (Lipinski definition) is 1. The lowest BCUT2D eigenvalue weighted by Crippen LogP contribution is -2.22. The molecule has 5 nitrogen and oxygen atoms in total. The van der Waals surface area contributed by atoms with E-state index in [1.807, 2.05) is 84.3 Å². The molecule has 0 unspecified atom stereocenters. The van der Waals surface area contributed by atoms with Crippen LogP contribution in [0.5, 0.6) is 0 Å². The molecule has 0 spiro atoms. The molecule has 0 radical (unpaired) electrons. The van der Waals surface area contributed by atoms with Crippen LogP contribution in [-0.2, 0) is 11.2 Å². The van der Waals surface area contributed by atoms with Crippen molar-refractivity contribution >= 4 is 35.0 Å². The van der Waals surface area contributed by atoms with E-state index in [1.54, 1.807) is 0 Å². The van der Waals surface area contributed by atoms with Gasteiger partial charge in [0.05, 0.1) is 5.25 Å². The Labute approximate surface area is 190 Å². The summed E-state index contributed by atoms with van der Waals surface area (Å²) in [6.45, 7) is 1.86. The minimum atomic E-state index is -0.361. The maximum Gasteiger partial charge on any atom is 0.237 e. The molecule has 1 aromatic heterocycles. The van der Waals surface area contributed by atoms with Gasteiger partial charge in [-0.25, -0.2) is 0 Å². The number of anilines is 1. The maximum atomic E-state index is 12.7. The van der Waals surface area contributed by atoms with E-state index < -0.39 is 0 Å². The molecule has 0 bridgehead atoms. The first-order valence-corrected chi connectivity index (χ1v) is 11.1. The van der Waals surface area contributed by atoms with Gasteiger partial charge >= 0.3 is 0 Å². The lowest BCUT2D eigenvalue weighted by atomic mass is 10.1. The van der Waals surface area contributed by atoms with Crippen molar-refractivity contribution in [3.63, 3.8) is 0 Å². The molecule has 4 rings (SSSR count). The summed E-state index contributed by atoms with van der Waals surface area (Å²) in [7, 11) is 0. The Balaban J connectivity index is 1.60. The zero-order chi connectivity index (χ0) is 21.6. The van der Waals surface area contributed by atoms with Crippen molar-refractivity contribution < 1.29 is 4.79 Å². The molecule has 4 aromatic rings. The number of benzene rings is 3. The third-order valence-electron chi connectivity index (χ3n) is 4.68. The number of thioether (sulfide) groups is 1. The highest BCUT2D eigenvalue weighted by Crippen LogP contribution is 2.28. The number of hydrogen-bond acceptors (Lipinski definition) is 4. The molecule has 0 aliphatic carbocycles. The topological polar surface area (TPSA) is 59.8 Å². The molecular formula is C24H21ClN4OS. The van der Waals surface area contributed by atoms with Gasteiger partial charge in [-0.05, 0) is 48.9 Å². The minimum Gasteiger partial charge on any atom is -0.325 e. The normalized spacial score (nSPS) is 11.8. The van der Waals surface area contributed by atoms with Crippen LogP contribution in [-0.4, -0.2) is 25.9 Å². The van der Waals surface area contributed by atoms with Crippen molar-refractivity contribution in [2.24, 2.45) is 0 Å². The zero-order valence-electron chi connectivity index (χ0n) is 16.9. The monoisotopic (exact) mass is 448 g/mol. The van der Waals surface area contributed by atoms with Gasteiger partial charge in [-0.3, -0.25) is 9.36 Å². The standard InChI is InChI=1S/C24H21ClN4OS/c1-17(23(30)26-20-10-6-3-7-11-20)31-24-28-27-22(16-18-8-4-2-5-9-18)29(24)21-14-12-19(25)13-15-21/h2-15,17H,16H2,1H3,(H,26,30)/t17-/m0/s1. The van der Waals surface area contributed by atoms with Crippen LogP contribution in [0.25, 0.3) is 5.69 Å². The second-order valence-electron chi connectivity index (χ2n) is 6.99. The highest BCUT2D eigenvalue weighted by Gasteiger charge is 2.21. The third kappa shape index (κ3) is 5.34. The quantitative estimate of drug-likeness (QED) is 0.372. The summed E-state index contributed by atoms with van der Waals surface area (Å²) in [4.78, 5) is 12.7. The van der Waals surface area contributed by atoms with Crippen LogP contribution in [0, 0.1) is 0 Å². The van der Waals surface area contributed by atoms with Gasteiger partial charge in [0.15, 0.2) is 5.16 Å². The summed E-state index contributed by atoms with van der Waals surface area (Å²) in [6, 6.07) is 27.1. The number of nitrogens with one attached hydrogen (secondary N) is 1. The van der Waals surface area contributed by atoms with E-state index in [2.05, 4.69) is 27.6 Å². The lowest BCUT2D eigenvalue weighted by molar-refractivity contribution is -0.115. The largest absolute Gasteiger partial charge is 0.325 e. The Kier molecular flexibility index (Phi) is 6.70. The molecule has 0 aliphatic heterocycles. The van der Waals surface area contributed by atoms with Gasteiger partial charge in [-0.1, -0.05) is 71.9 Å². The van der Waals surface area contributed by atoms with E-state index in [1.165, 1.54) is 11.8 Å². The summed E-state index contributed by atoms with van der Waals surface area (Å²) in [5, 5.41) is 12.7. The molecule has 0 saturated carbocycles. The summed E-state index contributed by atoms with van der Waals surface area (Å²) >= 11 is 7.46. The Hall–Kier alpha value is -3.09. The number of carbonyl (C=O) groups is 1. The van der Waals surface area contributed by atoms with Crippen molar-refractivity contribution in [3.8, 4) is 5.69 Å². The average Bonchev–Trinajstić information content (AvgIpc) is 3.17. The predicted octanol–water partition coefficient (Wildman–Crippen LogP) is 5.63. The van der Waals surface area contributed by atoms with E-state index >= 15 is 0 Å². The Bertz CT molecular complexity index is 1150. The van der Waals surface area contributed by atoms with Crippen molar-refractivity contribution in [2.45, 2.75) is 23.8 Å². The van der Waals surface area contributed by atoms with Crippen LogP contribution in [0.1, 0.15) is 18.3 Å². The first-order valence-electron chi connectivity index (χ1n) is 9.87. The molecule has 1 atom stereocenters. The lowest BCUT2D eigenvalue weighted by Gasteiger charge is -2.14. The van der Waals surface area contributed by atoms with Gasteiger partial charge in [-0.2, -0.15) is 0 Å². The van der Waals surface area contributed by atoms with Gasteiger partial charge in [0.2, 0.25) is 5.91 Å². The molecule has 3 aromatic carbocycles. The highest BCUT2D eigenvalue weighted by molar-refractivity contribution is 8.00. The molecule has 31 heavy (non-hydrogen) atoms. The van der Waals surface area contributed by atoms with Gasteiger partial charge in [-0.15, -0.1) is 10.2 Å². The Morgan fingerprint density at radius 1 is 0.968 bits per heavy atom. The SMILES string of the molecule is C[C@H](Sc1nnc(Cc2ccccc2)n1-c1ccc(Cl)cc1)C(=O)Nc1ccccc1. The third-order valence-corrected chi connectivity index (χ3v) is 5.98. The van der Waals surface area contributed by atoms with Crippen molar-refractivity contribution in [3.05, 3.63) is 101 Å². The summed E-state index contributed by atoms with van der Waals surface area (Å²) in [5.41, 5.74) is 2.80. The Morgan fingerprint density at radius 3 is 2.29 bits per heavy atom. The average molecular weight is 449 g/mol. The first-order chi connectivity index (χ1) is 15.1. The smallest absolute Gasteiger partial charge is 0.237 e. The number of aromatic nitrogens is 3. The van der Waals surface area contributed by atoms with Crippen LogP contribution in [0.15, 0.2) is 90.1 Å². The summed E-state index contributed by atoms with van der Waals surface area (Å²) < 4.78 is 1.99. The van der Waals surface area contributed by atoms with Crippen LogP contribution in [0.2, 0.25) is 5.02 Å². The number of carbonyl (C=O) groups excluding carboxylic acids is 1.